The normalized spacial score (nSPS) is 14.4. The van der Waals surface area contributed by atoms with E-state index in [1.807, 2.05) is 33.3 Å². The summed E-state index contributed by atoms with van der Waals surface area (Å²) < 4.78 is 30.6. The highest BCUT2D eigenvalue weighted by Crippen LogP contribution is 2.43. The third-order valence-electron chi connectivity index (χ3n) is 13.0. The minimum absolute atomic E-state index is 0.0294. The molecule has 0 rings (SSSR count). The van der Waals surface area contributed by atoms with Crippen LogP contribution in [0.1, 0.15) is 252 Å². The van der Waals surface area contributed by atoms with Crippen LogP contribution in [0.4, 0.5) is 0 Å². The minimum atomic E-state index is -4.46. The van der Waals surface area contributed by atoms with Gasteiger partial charge in [-0.2, -0.15) is 0 Å². The first-order valence-electron chi connectivity index (χ1n) is 30.6. The standard InChI is InChI=1S/C65H115N2O7P/c1-7-10-13-16-19-22-25-27-29-31-33-35-37-39-42-45-48-51-54-57-64(68)66-62(61-73-75(70,71)72-60-59-67(4,5)6)63(56-53-50-47-44-41-24-21-18-15-12-9-3)74-65(69)58-55-52-49-46-43-40-38-36-34-32-30-28-26-23-20-17-14-11-8-2/h11,14,19-20,22-23,27-30,34,36,40,43,53,56,62-63H,7-10,12-13,15-18,21,24-26,31-33,35,37-39,41-42,44-52,54-55,57-61H2,1-6H3,(H-,66,68,70,71)/p+1/b14-11-,22-19-,23-20-,29-27-,30-28-,36-34-,43-40-,56-53+. The molecule has 3 unspecified atom stereocenters. The highest BCUT2D eigenvalue weighted by molar-refractivity contribution is 7.47. The number of phosphoric acid groups is 1. The third kappa shape index (κ3) is 55.5. The molecule has 9 nitrogen and oxygen atoms in total. The first-order chi connectivity index (χ1) is 36.4. The maximum Gasteiger partial charge on any atom is 0.472 e. The number of carbonyl (C=O) groups is 2. The van der Waals surface area contributed by atoms with E-state index in [0.29, 0.717) is 23.9 Å². The summed E-state index contributed by atoms with van der Waals surface area (Å²) in [6.45, 7) is 6.84. The molecule has 0 bridgehead atoms. The van der Waals surface area contributed by atoms with E-state index in [9.17, 15) is 19.0 Å². The Balaban J connectivity index is 5.31. The van der Waals surface area contributed by atoms with E-state index in [2.05, 4.69) is 111 Å². The van der Waals surface area contributed by atoms with Crippen molar-refractivity contribution in [3.8, 4) is 0 Å². The predicted octanol–water partition coefficient (Wildman–Crippen LogP) is 18.8. The summed E-state index contributed by atoms with van der Waals surface area (Å²) >= 11 is 0. The monoisotopic (exact) mass is 1070 g/mol. The van der Waals surface area contributed by atoms with Gasteiger partial charge in [-0.3, -0.25) is 18.6 Å². The summed E-state index contributed by atoms with van der Waals surface area (Å²) in [6, 6.07) is -0.869. The Kier molecular flexibility index (Phi) is 52.1. The number of rotatable bonds is 54. The molecule has 75 heavy (non-hydrogen) atoms. The molecular formula is C65H116N2O7P+. The molecule has 0 heterocycles. The van der Waals surface area contributed by atoms with Crippen LogP contribution in [0.2, 0.25) is 0 Å². The molecule has 0 radical (unpaired) electrons. The summed E-state index contributed by atoms with van der Waals surface area (Å²) in [4.78, 5) is 37.7. The highest BCUT2D eigenvalue weighted by atomic mass is 31.2. The van der Waals surface area contributed by atoms with Crippen molar-refractivity contribution in [3.05, 3.63) is 97.2 Å². The van der Waals surface area contributed by atoms with Crippen LogP contribution in [0, 0.1) is 0 Å². The van der Waals surface area contributed by atoms with Crippen molar-refractivity contribution in [2.75, 3.05) is 40.9 Å². The smallest absolute Gasteiger partial charge is 0.456 e. The van der Waals surface area contributed by atoms with E-state index in [1.54, 1.807) is 0 Å². The minimum Gasteiger partial charge on any atom is -0.456 e. The van der Waals surface area contributed by atoms with Gasteiger partial charge in [0, 0.05) is 12.8 Å². The molecule has 0 spiro atoms. The van der Waals surface area contributed by atoms with E-state index < -0.39 is 20.0 Å². The van der Waals surface area contributed by atoms with Crippen molar-refractivity contribution in [2.24, 2.45) is 0 Å². The van der Waals surface area contributed by atoms with Crippen molar-refractivity contribution in [3.63, 3.8) is 0 Å². The molecule has 1 amide bonds. The second kappa shape index (κ2) is 54.3. The molecule has 2 N–H and O–H groups in total. The number of likely N-dealkylation sites (N-methyl/N-ethyl adjacent to an activating group) is 1. The average Bonchev–Trinajstić information content (AvgIpc) is 3.37. The number of hydrogen-bond acceptors (Lipinski definition) is 6. The van der Waals surface area contributed by atoms with E-state index >= 15 is 0 Å². The van der Waals surface area contributed by atoms with Gasteiger partial charge in [-0.25, -0.2) is 4.57 Å². The lowest BCUT2D eigenvalue weighted by molar-refractivity contribution is -0.870. The van der Waals surface area contributed by atoms with E-state index in [0.717, 1.165) is 109 Å². The number of quaternary nitrogens is 1. The second-order valence-electron chi connectivity index (χ2n) is 21.5. The second-order valence-corrected chi connectivity index (χ2v) is 22.9. The zero-order chi connectivity index (χ0) is 55.0. The fourth-order valence-electron chi connectivity index (χ4n) is 8.29. The summed E-state index contributed by atoms with van der Waals surface area (Å²) in [7, 11) is 1.46. The van der Waals surface area contributed by atoms with Crippen molar-refractivity contribution in [1.29, 1.82) is 0 Å². The zero-order valence-corrected chi connectivity index (χ0v) is 50.2. The summed E-state index contributed by atoms with van der Waals surface area (Å²) in [5.41, 5.74) is 0. The maximum absolute atomic E-state index is 13.5. The molecule has 0 fully saturated rings. The average molecular weight is 1070 g/mol. The summed E-state index contributed by atoms with van der Waals surface area (Å²) in [5, 5.41) is 3.04. The van der Waals surface area contributed by atoms with Gasteiger partial charge in [0.05, 0.1) is 33.8 Å². The van der Waals surface area contributed by atoms with Crippen molar-refractivity contribution in [1.82, 2.24) is 5.32 Å². The number of hydrogen-bond donors (Lipinski definition) is 2. The third-order valence-corrected chi connectivity index (χ3v) is 14.0. The number of unbranched alkanes of at least 4 members (excludes halogenated alkanes) is 24. The van der Waals surface area contributed by atoms with Crippen LogP contribution < -0.4 is 5.32 Å². The summed E-state index contributed by atoms with van der Waals surface area (Å²) in [6.07, 6.45) is 72.6. The van der Waals surface area contributed by atoms with Gasteiger partial charge in [0.25, 0.3) is 0 Å². The Labute approximate surface area is 462 Å². The van der Waals surface area contributed by atoms with Gasteiger partial charge >= 0.3 is 13.8 Å². The number of allylic oxidation sites excluding steroid dienone is 15. The zero-order valence-electron chi connectivity index (χ0n) is 49.3. The van der Waals surface area contributed by atoms with Gasteiger partial charge in [-0.05, 0) is 109 Å². The number of amides is 1. The van der Waals surface area contributed by atoms with E-state index in [1.165, 1.54) is 103 Å². The van der Waals surface area contributed by atoms with Crippen LogP contribution in [0.5, 0.6) is 0 Å². The molecular weight excluding hydrogens is 952 g/mol. The number of nitrogens with zero attached hydrogens (tertiary/aromatic N) is 1. The fourth-order valence-corrected chi connectivity index (χ4v) is 9.03. The van der Waals surface area contributed by atoms with E-state index in [4.69, 9.17) is 13.8 Å². The van der Waals surface area contributed by atoms with Gasteiger partial charge in [-0.15, -0.1) is 0 Å². The molecule has 3 atom stereocenters. The van der Waals surface area contributed by atoms with Gasteiger partial charge in [0.15, 0.2) is 0 Å². The maximum atomic E-state index is 13.5. The van der Waals surface area contributed by atoms with Crippen LogP contribution in [0.15, 0.2) is 97.2 Å². The number of carbonyl (C=O) groups excluding carboxylic acids is 2. The van der Waals surface area contributed by atoms with Crippen molar-refractivity contribution in [2.45, 2.75) is 264 Å². The van der Waals surface area contributed by atoms with Gasteiger partial charge in [0.2, 0.25) is 5.91 Å². The van der Waals surface area contributed by atoms with Gasteiger partial charge < -0.3 is 19.4 Å². The molecule has 0 aliphatic carbocycles. The highest BCUT2D eigenvalue weighted by Gasteiger charge is 2.30. The molecule has 0 aromatic carbocycles. The lowest BCUT2D eigenvalue weighted by Crippen LogP contribution is -2.47. The number of nitrogens with one attached hydrogen (secondary N) is 1. The van der Waals surface area contributed by atoms with Crippen LogP contribution in [-0.2, 0) is 27.9 Å². The Bertz CT molecular complexity index is 1610. The Hall–Kier alpha value is -3.07. The molecule has 0 aromatic heterocycles. The van der Waals surface area contributed by atoms with E-state index in [-0.39, 0.29) is 31.5 Å². The summed E-state index contributed by atoms with van der Waals surface area (Å²) in [5.74, 6) is -0.552. The molecule has 432 valence electrons. The molecule has 0 aliphatic rings. The lowest BCUT2D eigenvalue weighted by Gasteiger charge is -2.27. The Morgan fingerprint density at radius 2 is 0.853 bits per heavy atom. The van der Waals surface area contributed by atoms with Crippen molar-refractivity contribution < 1.29 is 37.3 Å². The molecule has 0 saturated carbocycles. The Morgan fingerprint density at radius 3 is 1.32 bits per heavy atom. The van der Waals surface area contributed by atoms with Crippen LogP contribution in [0.25, 0.3) is 0 Å². The molecule has 0 aliphatic heterocycles. The topological polar surface area (TPSA) is 111 Å². The predicted molar refractivity (Wildman–Crippen MR) is 323 cm³/mol. The molecule has 0 saturated heterocycles. The largest absolute Gasteiger partial charge is 0.472 e. The molecule has 10 heteroatoms. The lowest BCUT2D eigenvalue weighted by atomic mass is 10.0. The van der Waals surface area contributed by atoms with Crippen LogP contribution in [0.3, 0.4) is 0 Å². The first kappa shape index (κ1) is 71.9. The van der Waals surface area contributed by atoms with Gasteiger partial charge in [-0.1, -0.05) is 227 Å². The Morgan fingerprint density at radius 1 is 0.480 bits per heavy atom. The SMILES string of the molecule is CC/C=C\C/C=C\C/C=C\C/C=C\C/C=C\CCCCCC(=O)OC(/C=C/CCCCCCCCCCC)C(COP(=O)(O)OCC[N+](C)(C)C)NC(=O)CCCCCCCCCCC/C=C\C/C=C\CCCCC. The molecule has 0 aromatic rings. The number of phosphoric ester groups is 1. The first-order valence-corrected chi connectivity index (χ1v) is 32.1. The number of esters is 1. The van der Waals surface area contributed by atoms with Crippen LogP contribution >= 0.6 is 7.82 Å². The van der Waals surface area contributed by atoms with Crippen molar-refractivity contribution >= 4 is 19.7 Å². The van der Waals surface area contributed by atoms with Gasteiger partial charge in [0.1, 0.15) is 19.3 Å². The fraction of sp³-hybridized carbons (Fsp3) is 0.723. The quantitative estimate of drug-likeness (QED) is 0.0205. The van der Waals surface area contributed by atoms with Crippen LogP contribution in [-0.4, -0.2) is 74.3 Å². The number of ether oxygens (including phenoxy) is 1.